The maximum Gasteiger partial charge on any atom is 0.302 e. The van der Waals surface area contributed by atoms with Crippen molar-refractivity contribution in [2.24, 2.45) is 7.05 Å². The van der Waals surface area contributed by atoms with Gasteiger partial charge in [0.1, 0.15) is 0 Å². The normalized spacial score (nSPS) is 10.6. The monoisotopic (exact) mass is 217 g/mol. The van der Waals surface area contributed by atoms with E-state index in [0.717, 1.165) is 6.42 Å². The molecule has 0 bridgehead atoms. The number of aromatic nitrogens is 1. The Hall–Kier alpha value is -1.77. The molecule has 0 amide bonds. The third kappa shape index (κ3) is 2.08. The Morgan fingerprint density at radius 1 is 1.38 bits per heavy atom. The van der Waals surface area contributed by atoms with Crippen molar-refractivity contribution in [3.8, 4) is 0 Å². The highest BCUT2D eigenvalue weighted by Gasteiger charge is 2.04. The number of aryl methyl sites for hydroxylation is 1. The zero-order chi connectivity index (χ0) is 11.5. The predicted octanol–water partition coefficient (Wildman–Crippen LogP) is 2.28. The minimum Gasteiger partial charge on any atom is -0.466 e. The van der Waals surface area contributed by atoms with Gasteiger partial charge in [-0.3, -0.25) is 4.79 Å². The lowest BCUT2D eigenvalue weighted by Gasteiger charge is -2.06. The van der Waals surface area contributed by atoms with E-state index in [1.165, 1.54) is 23.4 Å². The van der Waals surface area contributed by atoms with Gasteiger partial charge in [-0.15, -0.1) is 0 Å². The van der Waals surface area contributed by atoms with Crippen LogP contribution in [-0.4, -0.2) is 17.1 Å². The predicted molar refractivity (Wildman–Crippen MR) is 63.3 cm³/mol. The summed E-state index contributed by atoms with van der Waals surface area (Å²) < 4.78 is 7.06. The van der Waals surface area contributed by atoms with Crippen molar-refractivity contribution < 1.29 is 9.53 Å². The number of benzene rings is 1. The van der Waals surface area contributed by atoms with Gasteiger partial charge in [-0.1, -0.05) is 18.2 Å². The van der Waals surface area contributed by atoms with Crippen LogP contribution in [0.2, 0.25) is 0 Å². The van der Waals surface area contributed by atoms with Gasteiger partial charge in [-0.2, -0.15) is 0 Å². The molecule has 0 unspecified atom stereocenters. The van der Waals surface area contributed by atoms with Gasteiger partial charge in [0, 0.05) is 26.6 Å². The molecule has 16 heavy (non-hydrogen) atoms. The minimum absolute atomic E-state index is 0.223. The lowest BCUT2D eigenvalue weighted by Crippen LogP contribution is -2.04. The third-order valence-corrected chi connectivity index (χ3v) is 2.66. The van der Waals surface area contributed by atoms with Crippen LogP contribution < -0.4 is 0 Å². The Labute approximate surface area is 94.6 Å². The van der Waals surface area contributed by atoms with E-state index in [1.54, 1.807) is 0 Å². The molecular formula is C13H15NO2. The lowest BCUT2D eigenvalue weighted by molar-refractivity contribution is -0.140. The molecule has 0 atom stereocenters. The Morgan fingerprint density at radius 2 is 2.19 bits per heavy atom. The van der Waals surface area contributed by atoms with Gasteiger partial charge < -0.3 is 9.30 Å². The summed E-state index contributed by atoms with van der Waals surface area (Å²) in [6.45, 7) is 1.88. The summed E-state index contributed by atoms with van der Waals surface area (Å²) in [5.74, 6) is -0.223. The van der Waals surface area contributed by atoms with Gasteiger partial charge in [0.25, 0.3) is 0 Å². The fourth-order valence-electron chi connectivity index (χ4n) is 1.95. The molecule has 3 nitrogen and oxygen atoms in total. The van der Waals surface area contributed by atoms with Crippen LogP contribution in [-0.2, 0) is 23.0 Å². The van der Waals surface area contributed by atoms with Crippen LogP contribution in [0.4, 0.5) is 0 Å². The van der Waals surface area contributed by atoms with E-state index >= 15 is 0 Å². The van der Waals surface area contributed by atoms with Gasteiger partial charge in [-0.25, -0.2) is 0 Å². The number of hydrogen-bond acceptors (Lipinski definition) is 2. The van der Waals surface area contributed by atoms with Crippen LogP contribution in [0, 0.1) is 0 Å². The molecule has 2 aromatic rings. The van der Waals surface area contributed by atoms with E-state index in [9.17, 15) is 4.79 Å². The van der Waals surface area contributed by atoms with Crippen molar-refractivity contribution >= 4 is 16.9 Å². The zero-order valence-electron chi connectivity index (χ0n) is 9.56. The Bertz CT molecular complexity index is 514. The molecule has 1 heterocycles. The molecule has 3 heteroatoms. The molecule has 2 rings (SSSR count). The molecular weight excluding hydrogens is 202 g/mol. The van der Waals surface area contributed by atoms with Crippen molar-refractivity contribution in [3.05, 3.63) is 36.0 Å². The maximum atomic E-state index is 10.7. The summed E-state index contributed by atoms with van der Waals surface area (Å²) in [5, 5.41) is 1.22. The smallest absolute Gasteiger partial charge is 0.302 e. The minimum atomic E-state index is -0.223. The van der Waals surface area contributed by atoms with Crippen LogP contribution in [0.3, 0.4) is 0 Å². The highest BCUT2D eigenvalue weighted by atomic mass is 16.5. The number of carbonyl (C=O) groups excluding carboxylic acids is 1. The van der Waals surface area contributed by atoms with E-state index in [2.05, 4.69) is 22.8 Å². The molecule has 0 fully saturated rings. The van der Waals surface area contributed by atoms with Crippen LogP contribution in [0.25, 0.3) is 10.9 Å². The molecule has 0 aliphatic heterocycles. The summed E-state index contributed by atoms with van der Waals surface area (Å²) >= 11 is 0. The number of esters is 1. The standard InChI is InChI=1S/C13H15NO2/c1-10(15)16-9-7-12-5-3-4-11-6-8-14(2)13(11)12/h3-6,8H,7,9H2,1-2H3. The summed E-state index contributed by atoms with van der Waals surface area (Å²) in [6, 6.07) is 8.28. The molecule has 84 valence electrons. The highest BCUT2D eigenvalue weighted by Crippen LogP contribution is 2.19. The van der Waals surface area contributed by atoms with Gasteiger partial charge in [0.05, 0.1) is 12.1 Å². The first-order valence-corrected chi connectivity index (χ1v) is 5.35. The molecule has 0 aliphatic carbocycles. The molecule has 0 radical (unpaired) electrons. The van der Waals surface area contributed by atoms with Gasteiger partial charge in [0.15, 0.2) is 0 Å². The van der Waals surface area contributed by atoms with Crippen LogP contribution >= 0.6 is 0 Å². The topological polar surface area (TPSA) is 31.2 Å². The van der Waals surface area contributed by atoms with Crippen molar-refractivity contribution in [1.82, 2.24) is 4.57 Å². The largest absolute Gasteiger partial charge is 0.466 e. The van der Waals surface area contributed by atoms with Gasteiger partial charge in [0.2, 0.25) is 0 Å². The highest BCUT2D eigenvalue weighted by molar-refractivity contribution is 5.83. The summed E-state index contributed by atoms with van der Waals surface area (Å²) in [7, 11) is 2.03. The Kier molecular flexibility index (Phi) is 2.95. The first kappa shape index (κ1) is 10.7. The average Bonchev–Trinajstić information content (AvgIpc) is 2.61. The fraction of sp³-hybridized carbons (Fsp3) is 0.308. The molecule has 0 saturated carbocycles. The first-order chi connectivity index (χ1) is 7.68. The third-order valence-electron chi connectivity index (χ3n) is 2.66. The zero-order valence-corrected chi connectivity index (χ0v) is 9.56. The lowest BCUT2D eigenvalue weighted by atomic mass is 10.1. The molecule has 0 spiro atoms. The van der Waals surface area contributed by atoms with E-state index in [4.69, 9.17) is 4.74 Å². The fourth-order valence-corrected chi connectivity index (χ4v) is 1.95. The van der Waals surface area contributed by atoms with Gasteiger partial charge in [-0.05, 0) is 17.0 Å². The van der Waals surface area contributed by atoms with Crippen LogP contribution in [0.1, 0.15) is 12.5 Å². The quantitative estimate of drug-likeness (QED) is 0.738. The molecule has 0 saturated heterocycles. The number of hydrogen-bond donors (Lipinski definition) is 0. The molecule has 0 N–H and O–H groups in total. The average molecular weight is 217 g/mol. The Balaban J connectivity index is 2.23. The SMILES string of the molecule is CC(=O)OCCc1cccc2ccn(C)c12. The molecule has 1 aromatic heterocycles. The van der Waals surface area contributed by atoms with E-state index in [1.807, 2.05) is 19.3 Å². The molecule has 1 aromatic carbocycles. The maximum absolute atomic E-state index is 10.7. The van der Waals surface area contributed by atoms with E-state index in [-0.39, 0.29) is 5.97 Å². The number of nitrogens with zero attached hydrogens (tertiary/aromatic N) is 1. The second-order valence-electron chi connectivity index (χ2n) is 3.87. The Morgan fingerprint density at radius 3 is 2.94 bits per heavy atom. The van der Waals surface area contributed by atoms with Crippen LogP contribution in [0.15, 0.2) is 30.5 Å². The van der Waals surface area contributed by atoms with E-state index < -0.39 is 0 Å². The van der Waals surface area contributed by atoms with Crippen molar-refractivity contribution in [1.29, 1.82) is 0 Å². The second kappa shape index (κ2) is 4.39. The first-order valence-electron chi connectivity index (χ1n) is 5.35. The van der Waals surface area contributed by atoms with Crippen molar-refractivity contribution in [2.75, 3.05) is 6.61 Å². The van der Waals surface area contributed by atoms with E-state index in [0.29, 0.717) is 6.61 Å². The summed E-state index contributed by atoms with van der Waals surface area (Å²) in [5.41, 5.74) is 2.43. The molecule has 0 aliphatic rings. The number of ether oxygens (including phenoxy) is 1. The number of fused-ring (bicyclic) bond motifs is 1. The van der Waals surface area contributed by atoms with Gasteiger partial charge >= 0.3 is 5.97 Å². The second-order valence-corrected chi connectivity index (χ2v) is 3.87. The summed E-state index contributed by atoms with van der Waals surface area (Å²) in [6.07, 6.45) is 2.80. The van der Waals surface area contributed by atoms with Crippen LogP contribution in [0.5, 0.6) is 0 Å². The van der Waals surface area contributed by atoms with Crippen molar-refractivity contribution in [2.45, 2.75) is 13.3 Å². The number of para-hydroxylation sites is 1. The number of rotatable bonds is 3. The van der Waals surface area contributed by atoms with Crippen molar-refractivity contribution in [3.63, 3.8) is 0 Å². The number of carbonyl (C=O) groups is 1. The summed E-state index contributed by atoms with van der Waals surface area (Å²) in [4.78, 5) is 10.7.